The van der Waals surface area contributed by atoms with Gasteiger partial charge in [-0.05, 0) is 20.8 Å². The average Bonchev–Trinajstić information content (AvgIpc) is 2.36. The van der Waals surface area contributed by atoms with Gasteiger partial charge < -0.3 is 10.3 Å². The van der Waals surface area contributed by atoms with Crippen molar-refractivity contribution in [1.82, 2.24) is 5.16 Å². The second-order valence-electron chi connectivity index (χ2n) is 3.00. The van der Waals surface area contributed by atoms with Crippen LogP contribution in [0.2, 0.25) is 0 Å². The minimum absolute atomic E-state index is 0.278. The Labute approximate surface area is 76.3 Å². The summed E-state index contributed by atoms with van der Waals surface area (Å²) in [5, 5.41) is 6.24. The number of anilines is 1. The van der Waals surface area contributed by atoms with Crippen LogP contribution in [0.4, 0.5) is 5.88 Å². The zero-order valence-corrected chi connectivity index (χ0v) is 7.92. The largest absolute Gasteiger partial charge is 0.338 e. The molecule has 0 bridgehead atoms. The molecule has 5 nitrogen and oxygen atoms in total. The van der Waals surface area contributed by atoms with E-state index in [9.17, 15) is 4.79 Å². The lowest BCUT2D eigenvalue weighted by molar-refractivity contribution is -0.117. The molecule has 13 heavy (non-hydrogen) atoms. The number of nitrogens with one attached hydrogen (secondary N) is 1. The van der Waals surface area contributed by atoms with Crippen molar-refractivity contribution < 1.29 is 9.32 Å². The predicted octanol–water partition coefficient (Wildman–Crippen LogP) is 0.577. The SMILES string of the molecule is Cc1noc(NC(=O)C(C)N)c1C. The van der Waals surface area contributed by atoms with Gasteiger partial charge in [-0.1, -0.05) is 5.16 Å². The van der Waals surface area contributed by atoms with E-state index in [-0.39, 0.29) is 5.91 Å². The van der Waals surface area contributed by atoms with Crippen LogP contribution >= 0.6 is 0 Å². The third-order valence-corrected chi connectivity index (χ3v) is 1.81. The van der Waals surface area contributed by atoms with Crippen LogP contribution < -0.4 is 11.1 Å². The van der Waals surface area contributed by atoms with E-state index in [1.165, 1.54) is 0 Å². The van der Waals surface area contributed by atoms with Crippen LogP contribution in [0.25, 0.3) is 0 Å². The van der Waals surface area contributed by atoms with E-state index in [1.807, 2.05) is 6.92 Å². The molecule has 0 fully saturated rings. The molecule has 1 heterocycles. The third kappa shape index (κ3) is 2.06. The number of hydrogen-bond donors (Lipinski definition) is 2. The van der Waals surface area contributed by atoms with Crippen molar-refractivity contribution in [3.05, 3.63) is 11.3 Å². The number of amides is 1. The summed E-state index contributed by atoms with van der Waals surface area (Å²) in [6, 6.07) is -0.551. The molecule has 1 amide bonds. The van der Waals surface area contributed by atoms with E-state index in [0.29, 0.717) is 5.88 Å². The molecule has 0 spiro atoms. The first-order valence-corrected chi connectivity index (χ1v) is 4.01. The molecule has 1 aromatic heterocycles. The minimum Gasteiger partial charge on any atom is -0.338 e. The van der Waals surface area contributed by atoms with Crippen molar-refractivity contribution in [2.24, 2.45) is 5.73 Å². The van der Waals surface area contributed by atoms with Gasteiger partial charge in [-0.15, -0.1) is 0 Å². The maximum atomic E-state index is 11.1. The summed E-state index contributed by atoms with van der Waals surface area (Å²) in [4.78, 5) is 11.1. The molecule has 0 saturated carbocycles. The molecule has 1 rings (SSSR count). The maximum absolute atomic E-state index is 11.1. The molecule has 0 aliphatic heterocycles. The molecule has 0 aliphatic carbocycles. The maximum Gasteiger partial charge on any atom is 0.243 e. The van der Waals surface area contributed by atoms with E-state index in [4.69, 9.17) is 10.3 Å². The Balaban J connectivity index is 2.75. The van der Waals surface area contributed by atoms with E-state index in [2.05, 4.69) is 10.5 Å². The van der Waals surface area contributed by atoms with Crippen LogP contribution in [-0.4, -0.2) is 17.1 Å². The number of hydrogen-bond acceptors (Lipinski definition) is 4. The van der Waals surface area contributed by atoms with Crippen molar-refractivity contribution in [2.45, 2.75) is 26.8 Å². The highest BCUT2D eigenvalue weighted by Crippen LogP contribution is 2.16. The first-order valence-electron chi connectivity index (χ1n) is 4.01. The molecule has 3 N–H and O–H groups in total. The smallest absolute Gasteiger partial charge is 0.243 e. The summed E-state index contributed by atoms with van der Waals surface area (Å²) in [7, 11) is 0. The number of nitrogens with two attached hydrogens (primary N) is 1. The number of nitrogens with zero attached hydrogens (tertiary/aromatic N) is 1. The molecule has 0 saturated heterocycles. The fourth-order valence-electron chi connectivity index (χ4n) is 0.758. The second kappa shape index (κ2) is 3.57. The summed E-state index contributed by atoms with van der Waals surface area (Å²) in [6.07, 6.45) is 0. The standard InChI is InChI=1S/C8H13N3O2/c1-4-6(3)11-13-8(4)10-7(12)5(2)9/h5H,9H2,1-3H3,(H,10,12). The number of carbonyl (C=O) groups excluding carboxylic acids is 1. The van der Waals surface area contributed by atoms with Gasteiger partial charge in [0.25, 0.3) is 0 Å². The van der Waals surface area contributed by atoms with Crippen molar-refractivity contribution in [3.8, 4) is 0 Å². The summed E-state index contributed by atoms with van der Waals surface area (Å²) < 4.78 is 4.88. The average molecular weight is 183 g/mol. The highest BCUT2D eigenvalue weighted by molar-refractivity contribution is 5.93. The van der Waals surface area contributed by atoms with Crippen LogP contribution in [-0.2, 0) is 4.79 Å². The summed E-state index contributed by atoms with van der Waals surface area (Å²) >= 11 is 0. The van der Waals surface area contributed by atoms with E-state index in [0.717, 1.165) is 11.3 Å². The van der Waals surface area contributed by atoms with Gasteiger partial charge >= 0.3 is 0 Å². The van der Waals surface area contributed by atoms with Crippen LogP contribution in [0, 0.1) is 13.8 Å². The Morgan fingerprint density at radius 3 is 2.62 bits per heavy atom. The van der Waals surface area contributed by atoms with Crippen LogP contribution in [0.5, 0.6) is 0 Å². The normalized spacial score (nSPS) is 12.6. The molecule has 1 aromatic rings. The summed E-state index contributed by atoms with van der Waals surface area (Å²) in [5.41, 5.74) is 6.96. The van der Waals surface area contributed by atoms with Gasteiger partial charge in [-0.2, -0.15) is 0 Å². The van der Waals surface area contributed by atoms with Gasteiger partial charge in [-0.25, -0.2) is 0 Å². The Hall–Kier alpha value is -1.36. The molecule has 1 atom stereocenters. The van der Waals surface area contributed by atoms with Gasteiger partial charge in [0.15, 0.2) is 0 Å². The summed E-state index contributed by atoms with van der Waals surface area (Å²) in [5.74, 6) is 0.0963. The summed E-state index contributed by atoms with van der Waals surface area (Å²) in [6.45, 7) is 5.23. The molecule has 72 valence electrons. The first-order chi connectivity index (χ1) is 6.02. The van der Waals surface area contributed by atoms with E-state index in [1.54, 1.807) is 13.8 Å². The molecular formula is C8H13N3O2. The minimum atomic E-state index is -0.551. The molecule has 0 aromatic carbocycles. The quantitative estimate of drug-likeness (QED) is 0.702. The fourth-order valence-corrected chi connectivity index (χ4v) is 0.758. The number of aromatic nitrogens is 1. The molecule has 0 radical (unpaired) electrons. The number of aryl methyl sites for hydroxylation is 1. The Bertz CT molecular complexity index is 317. The van der Waals surface area contributed by atoms with E-state index >= 15 is 0 Å². The van der Waals surface area contributed by atoms with Crippen molar-refractivity contribution in [1.29, 1.82) is 0 Å². The van der Waals surface area contributed by atoms with Gasteiger partial charge in [0, 0.05) is 5.56 Å². The lowest BCUT2D eigenvalue weighted by Gasteiger charge is -2.04. The van der Waals surface area contributed by atoms with Crippen molar-refractivity contribution in [2.75, 3.05) is 5.32 Å². The number of carbonyl (C=O) groups is 1. The zero-order chi connectivity index (χ0) is 10.0. The predicted molar refractivity (Wildman–Crippen MR) is 48.3 cm³/mol. The highest BCUT2D eigenvalue weighted by atomic mass is 16.5. The molecule has 1 unspecified atom stereocenters. The van der Waals surface area contributed by atoms with Crippen molar-refractivity contribution >= 4 is 11.8 Å². The van der Waals surface area contributed by atoms with Gasteiger partial charge in [0.2, 0.25) is 11.8 Å². The Kier molecular flexibility index (Phi) is 2.67. The third-order valence-electron chi connectivity index (χ3n) is 1.81. The monoisotopic (exact) mass is 183 g/mol. The lowest BCUT2D eigenvalue weighted by atomic mass is 10.2. The molecule has 0 aliphatic rings. The lowest BCUT2D eigenvalue weighted by Crippen LogP contribution is -2.32. The fraction of sp³-hybridized carbons (Fsp3) is 0.500. The molecule has 5 heteroatoms. The second-order valence-corrected chi connectivity index (χ2v) is 3.00. The van der Waals surface area contributed by atoms with Gasteiger partial charge in [0.05, 0.1) is 11.7 Å². The van der Waals surface area contributed by atoms with E-state index < -0.39 is 6.04 Å². The Morgan fingerprint density at radius 2 is 2.23 bits per heavy atom. The zero-order valence-electron chi connectivity index (χ0n) is 7.92. The van der Waals surface area contributed by atoms with Crippen LogP contribution in [0.1, 0.15) is 18.2 Å². The first kappa shape index (κ1) is 9.73. The van der Waals surface area contributed by atoms with Gasteiger partial charge in [-0.3, -0.25) is 10.1 Å². The van der Waals surface area contributed by atoms with Gasteiger partial charge in [0.1, 0.15) is 0 Å². The Morgan fingerprint density at radius 1 is 1.62 bits per heavy atom. The molecular weight excluding hydrogens is 170 g/mol. The number of rotatable bonds is 2. The van der Waals surface area contributed by atoms with Crippen LogP contribution in [0.3, 0.4) is 0 Å². The van der Waals surface area contributed by atoms with Crippen molar-refractivity contribution in [3.63, 3.8) is 0 Å². The topological polar surface area (TPSA) is 81.2 Å². The highest BCUT2D eigenvalue weighted by Gasteiger charge is 2.13. The van der Waals surface area contributed by atoms with Crippen LogP contribution in [0.15, 0.2) is 4.52 Å².